The molecule has 2 rings (SSSR count). The molecule has 0 radical (unpaired) electrons. The van der Waals surface area contributed by atoms with E-state index in [-0.39, 0.29) is 23.0 Å². The molecule has 146 valence electrons. The molecule has 2 N–H and O–H groups in total. The Labute approximate surface area is 165 Å². The molecule has 0 saturated heterocycles. The number of hydrogen-bond acceptors (Lipinski definition) is 2. The van der Waals surface area contributed by atoms with E-state index in [0.29, 0.717) is 0 Å². The molecule has 0 aliphatic heterocycles. The summed E-state index contributed by atoms with van der Waals surface area (Å²) in [5, 5.41) is 3.65. The standard InChI is InChI=1S/C23H32NO2P/c1-6-12-17(2)22(27(25)26)21(18-13-8-7-9-14-18)24-20-16-11-10-15-19(20)23(3,4)5/h7-11,13-17,21-22,24H,6,12H2,1-5H3/p+1. The van der Waals surface area contributed by atoms with Crippen molar-refractivity contribution in [2.75, 3.05) is 5.32 Å². The van der Waals surface area contributed by atoms with Gasteiger partial charge in [-0.1, -0.05) is 89.6 Å². The first-order valence-corrected chi connectivity index (χ1v) is 11.1. The van der Waals surface area contributed by atoms with Gasteiger partial charge >= 0.3 is 8.03 Å². The van der Waals surface area contributed by atoms with Crippen molar-refractivity contribution >= 4 is 13.7 Å². The summed E-state index contributed by atoms with van der Waals surface area (Å²) in [5.41, 5.74) is 2.92. The van der Waals surface area contributed by atoms with Crippen LogP contribution in [0.1, 0.15) is 64.6 Å². The maximum atomic E-state index is 12.4. The molecule has 4 heteroatoms. The first-order chi connectivity index (χ1) is 12.8. The first kappa shape index (κ1) is 21.6. The van der Waals surface area contributed by atoms with E-state index < -0.39 is 8.03 Å². The zero-order valence-corrected chi connectivity index (χ0v) is 18.0. The van der Waals surface area contributed by atoms with Crippen molar-refractivity contribution in [1.82, 2.24) is 0 Å². The molecule has 0 aliphatic rings. The molecule has 0 spiro atoms. The molecule has 0 heterocycles. The van der Waals surface area contributed by atoms with Crippen molar-refractivity contribution in [2.45, 2.75) is 64.6 Å². The Morgan fingerprint density at radius 3 is 2.19 bits per heavy atom. The zero-order valence-electron chi connectivity index (χ0n) is 17.1. The normalized spacial score (nSPS) is 15.7. The molecule has 3 nitrogen and oxygen atoms in total. The van der Waals surface area contributed by atoms with Gasteiger partial charge in [-0.05, 0) is 33.6 Å². The van der Waals surface area contributed by atoms with Gasteiger partial charge < -0.3 is 5.32 Å². The topological polar surface area (TPSA) is 49.3 Å². The van der Waals surface area contributed by atoms with E-state index in [1.54, 1.807) is 0 Å². The van der Waals surface area contributed by atoms with Crippen LogP contribution in [0.4, 0.5) is 5.69 Å². The Morgan fingerprint density at radius 2 is 1.63 bits per heavy atom. The fraction of sp³-hybridized carbons (Fsp3) is 0.478. The Kier molecular flexibility index (Phi) is 7.59. The van der Waals surface area contributed by atoms with Crippen LogP contribution in [0, 0.1) is 5.92 Å². The molecular formula is C23H33NO2P+. The van der Waals surface area contributed by atoms with Crippen molar-refractivity contribution in [3.8, 4) is 0 Å². The zero-order chi connectivity index (χ0) is 20.0. The van der Waals surface area contributed by atoms with Crippen LogP contribution in [0.25, 0.3) is 0 Å². The molecule has 4 unspecified atom stereocenters. The maximum absolute atomic E-state index is 12.4. The highest BCUT2D eigenvalue weighted by Crippen LogP contribution is 2.43. The van der Waals surface area contributed by atoms with Gasteiger partial charge in [-0.2, -0.15) is 4.89 Å². The van der Waals surface area contributed by atoms with Crippen molar-refractivity contribution in [1.29, 1.82) is 0 Å². The van der Waals surface area contributed by atoms with E-state index in [0.717, 1.165) is 24.1 Å². The van der Waals surface area contributed by atoms with Crippen LogP contribution in [0.5, 0.6) is 0 Å². The van der Waals surface area contributed by atoms with Gasteiger partial charge in [-0.15, -0.1) is 0 Å². The molecule has 2 aromatic rings. The Balaban J connectivity index is 2.50. The van der Waals surface area contributed by atoms with Crippen LogP contribution in [-0.4, -0.2) is 10.6 Å². The number of hydrogen-bond donors (Lipinski definition) is 2. The Bertz CT molecular complexity index is 740. The van der Waals surface area contributed by atoms with Crippen molar-refractivity contribution < 1.29 is 9.46 Å². The molecule has 0 fully saturated rings. The van der Waals surface area contributed by atoms with Gasteiger partial charge in [0.1, 0.15) is 6.04 Å². The summed E-state index contributed by atoms with van der Waals surface area (Å²) in [7, 11) is -2.32. The lowest BCUT2D eigenvalue weighted by Crippen LogP contribution is -2.30. The minimum Gasteiger partial charge on any atom is -0.374 e. The molecular weight excluding hydrogens is 353 g/mol. The van der Waals surface area contributed by atoms with E-state index in [1.807, 2.05) is 42.5 Å². The molecule has 0 saturated carbocycles. The van der Waals surface area contributed by atoms with E-state index in [4.69, 9.17) is 0 Å². The fourth-order valence-corrected chi connectivity index (χ4v) is 4.84. The number of anilines is 1. The fourth-order valence-electron chi connectivity index (χ4n) is 3.76. The maximum Gasteiger partial charge on any atom is 0.511 e. The average molecular weight is 386 g/mol. The molecule has 0 aliphatic carbocycles. The lowest BCUT2D eigenvalue weighted by atomic mass is 9.85. The van der Waals surface area contributed by atoms with Gasteiger partial charge in [0.25, 0.3) is 0 Å². The number of para-hydroxylation sites is 1. The summed E-state index contributed by atoms with van der Waals surface area (Å²) in [6.45, 7) is 10.8. The highest BCUT2D eigenvalue weighted by atomic mass is 31.1. The third-order valence-electron chi connectivity index (χ3n) is 5.13. The van der Waals surface area contributed by atoms with Crippen molar-refractivity contribution in [2.24, 2.45) is 5.92 Å². The Morgan fingerprint density at radius 1 is 1.04 bits per heavy atom. The third kappa shape index (κ3) is 5.64. The molecule has 0 aromatic heterocycles. The van der Waals surface area contributed by atoms with Crippen LogP contribution in [-0.2, 0) is 9.98 Å². The van der Waals surface area contributed by atoms with Crippen molar-refractivity contribution in [3.63, 3.8) is 0 Å². The van der Waals surface area contributed by atoms with Gasteiger partial charge in [-0.3, -0.25) is 0 Å². The largest absolute Gasteiger partial charge is 0.511 e. The smallest absolute Gasteiger partial charge is 0.374 e. The first-order valence-electron chi connectivity index (χ1n) is 9.82. The summed E-state index contributed by atoms with van der Waals surface area (Å²) in [4.78, 5) is 10.2. The number of rotatable bonds is 8. The van der Waals surface area contributed by atoms with Gasteiger partial charge in [0, 0.05) is 11.6 Å². The predicted molar refractivity (Wildman–Crippen MR) is 116 cm³/mol. The summed E-state index contributed by atoms with van der Waals surface area (Å²) >= 11 is 0. The summed E-state index contributed by atoms with van der Waals surface area (Å²) in [6.07, 6.45) is 1.93. The second kappa shape index (κ2) is 9.48. The van der Waals surface area contributed by atoms with E-state index >= 15 is 0 Å². The monoisotopic (exact) mass is 386 g/mol. The highest BCUT2D eigenvalue weighted by Gasteiger charge is 2.43. The van der Waals surface area contributed by atoms with Crippen LogP contribution >= 0.6 is 8.03 Å². The molecule has 0 amide bonds. The summed E-state index contributed by atoms with van der Waals surface area (Å²) in [5.74, 6) is 0.142. The minimum atomic E-state index is -2.32. The minimum absolute atomic E-state index is 0.0171. The molecule has 4 atom stereocenters. The average Bonchev–Trinajstić information content (AvgIpc) is 2.61. The lowest BCUT2D eigenvalue weighted by molar-refractivity contribution is 0.409. The molecule has 2 aromatic carbocycles. The predicted octanol–water partition coefficient (Wildman–Crippen LogP) is 6.68. The van der Waals surface area contributed by atoms with Gasteiger partial charge in [0.2, 0.25) is 5.66 Å². The van der Waals surface area contributed by atoms with Crippen LogP contribution in [0.15, 0.2) is 54.6 Å². The lowest BCUT2D eigenvalue weighted by Gasteiger charge is -2.29. The van der Waals surface area contributed by atoms with Crippen LogP contribution < -0.4 is 5.32 Å². The Hall–Kier alpha value is -1.70. The van der Waals surface area contributed by atoms with E-state index in [9.17, 15) is 9.46 Å². The molecule has 0 bridgehead atoms. The van der Waals surface area contributed by atoms with Crippen molar-refractivity contribution in [3.05, 3.63) is 65.7 Å². The van der Waals surface area contributed by atoms with Gasteiger partial charge in [0.05, 0.1) is 0 Å². The van der Waals surface area contributed by atoms with Crippen LogP contribution in [0.2, 0.25) is 0 Å². The molecule has 27 heavy (non-hydrogen) atoms. The van der Waals surface area contributed by atoms with Gasteiger partial charge in [-0.25, -0.2) is 0 Å². The summed E-state index contributed by atoms with van der Waals surface area (Å²) in [6, 6.07) is 18.1. The number of nitrogens with one attached hydrogen (secondary N) is 1. The number of benzene rings is 2. The second-order valence-electron chi connectivity index (χ2n) is 8.39. The quantitative estimate of drug-likeness (QED) is 0.498. The third-order valence-corrected chi connectivity index (χ3v) is 6.45. The SMILES string of the molecule is CCCC(C)C(C(Nc1ccccc1C(C)(C)C)c1ccccc1)[P+](=O)O. The van der Waals surface area contributed by atoms with E-state index in [1.165, 1.54) is 5.56 Å². The highest BCUT2D eigenvalue weighted by molar-refractivity contribution is 7.39. The van der Waals surface area contributed by atoms with Crippen LogP contribution in [0.3, 0.4) is 0 Å². The van der Waals surface area contributed by atoms with E-state index in [2.05, 4.69) is 52.1 Å². The summed E-state index contributed by atoms with van der Waals surface area (Å²) < 4.78 is 12.4. The van der Waals surface area contributed by atoms with Gasteiger partial charge in [0.15, 0.2) is 0 Å². The second-order valence-corrected chi connectivity index (χ2v) is 9.59.